The molecule has 1 heterocycles. The summed E-state index contributed by atoms with van der Waals surface area (Å²) in [4.78, 5) is 0. The van der Waals surface area contributed by atoms with Gasteiger partial charge in [-0.1, -0.05) is 23.7 Å². The van der Waals surface area contributed by atoms with Gasteiger partial charge in [0.25, 0.3) is 0 Å². The van der Waals surface area contributed by atoms with Crippen molar-refractivity contribution in [3.63, 3.8) is 0 Å². The van der Waals surface area contributed by atoms with Crippen LogP contribution in [0.25, 0.3) is 11.4 Å². The predicted octanol–water partition coefficient (Wildman–Crippen LogP) is 3.56. The fourth-order valence-corrected chi connectivity index (χ4v) is 2.58. The number of phenols is 2. The third kappa shape index (κ3) is 3.35. The number of phenolic OH excluding ortho intramolecular Hbond substituents is 2. The first-order valence-electron chi connectivity index (χ1n) is 7.08. The highest BCUT2D eigenvalue weighted by Gasteiger charge is 2.12. The van der Waals surface area contributed by atoms with Crippen molar-refractivity contribution in [2.75, 3.05) is 7.11 Å². The van der Waals surface area contributed by atoms with Gasteiger partial charge in [0.05, 0.1) is 18.3 Å². The fraction of sp³-hybridized carbons (Fsp3) is 0.0625. The molecule has 9 heteroatoms. The van der Waals surface area contributed by atoms with Crippen LogP contribution in [0.5, 0.6) is 17.2 Å². The number of ether oxygens (including phenoxy) is 1. The number of H-pyrrole nitrogens is 1. The van der Waals surface area contributed by atoms with E-state index in [-0.39, 0.29) is 22.0 Å². The van der Waals surface area contributed by atoms with Gasteiger partial charge in [-0.25, -0.2) is 5.10 Å². The van der Waals surface area contributed by atoms with Crippen molar-refractivity contribution in [1.29, 1.82) is 0 Å². The summed E-state index contributed by atoms with van der Waals surface area (Å²) in [6.07, 6.45) is 1.45. The molecule has 25 heavy (non-hydrogen) atoms. The number of aromatic hydroxyl groups is 2. The number of nitrogens with one attached hydrogen (secondary N) is 1. The smallest absolute Gasteiger partial charge is 0.216 e. The van der Waals surface area contributed by atoms with Crippen LogP contribution in [-0.4, -0.2) is 38.4 Å². The van der Waals surface area contributed by atoms with Crippen molar-refractivity contribution in [1.82, 2.24) is 14.9 Å². The van der Waals surface area contributed by atoms with Gasteiger partial charge in [-0.05, 0) is 36.5 Å². The Morgan fingerprint density at radius 1 is 1.32 bits per heavy atom. The number of nitrogens with zero attached hydrogens (tertiary/aromatic N) is 3. The van der Waals surface area contributed by atoms with E-state index in [9.17, 15) is 10.2 Å². The number of aromatic amines is 1. The minimum absolute atomic E-state index is 0.128. The topological polar surface area (TPSA) is 95.7 Å². The maximum absolute atomic E-state index is 9.74. The Morgan fingerprint density at radius 2 is 2.08 bits per heavy atom. The zero-order chi connectivity index (χ0) is 18.0. The lowest BCUT2D eigenvalue weighted by molar-refractivity contribution is 0.351. The first-order chi connectivity index (χ1) is 12.0. The van der Waals surface area contributed by atoms with Crippen molar-refractivity contribution >= 4 is 30.0 Å². The average Bonchev–Trinajstić information content (AvgIpc) is 2.96. The van der Waals surface area contributed by atoms with Gasteiger partial charge in [0.15, 0.2) is 17.3 Å². The Labute approximate surface area is 152 Å². The lowest BCUT2D eigenvalue weighted by Crippen LogP contribution is -1.96. The summed E-state index contributed by atoms with van der Waals surface area (Å²) in [5, 5.41) is 31.0. The van der Waals surface area contributed by atoms with Crippen molar-refractivity contribution in [2.24, 2.45) is 5.10 Å². The second kappa shape index (κ2) is 6.96. The summed E-state index contributed by atoms with van der Waals surface area (Å²) in [7, 11) is 1.39. The molecule has 0 aliphatic carbocycles. The minimum Gasteiger partial charge on any atom is -0.504 e. The van der Waals surface area contributed by atoms with Gasteiger partial charge in [0, 0.05) is 11.1 Å². The molecule has 1 aromatic heterocycles. The predicted molar refractivity (Wildman–Crippen MR) is 97.2 cm³/mol. The van der Waals surface area contributed by atoms with Crippen LogP contribution in [0.3, 0.4) is 0 Å². The van der Waals surface area contributed by atoms with Gasteiger partial charge in [0.1, 0.15) is 0 Å². The molecule has 0 radical (unpaired) electrons. The number of hydrogen-bond donors (Lipinski definition) is 3. The van der Waals surface area contributed by atoms with Gasteiger partial charge < -0.3 is 14.9 Å². The molecule has 2 aromatic carbocycles. The first-order valence-corrected chi connectivity index (χ1v) is 7.86. The van der Waals surface area contributed by atoms with Crippen LogP contribution in [0.2, 0.25) is 5.02 Å². The molecule has 0 saturated carbocycles. The number of hydrogen-bond acceptors (Lipinski definition) is 6. The molecule has 3 aromatic rings. The summed E-state index contributed by atoms with van der Waals surface area (Å²) < 4.78 is 6.69. The molecule has 0 aliphatic rings. The molecule has 0 unspecified atom stereocenters. The zero-order valence-corrected chi connectivity index (χ0v) is 14.5. The Kier molecular flexibility index (Phi) is 4.73. The second-order valence-corrected chi connectivity index (χ2v) is 5.77. The lowest BCUT2D eigenvalue weighted by atomic mass is 10.2. The van der Waals surface area contributed by atoms with Crippen LogP contribution in [0.4, 0.5) is 0 Å². The molecule has 0 amide bonds. The van der Waals surface area contributed by atoms with Gasteiger partial charge in [0.2, 0.25) is 10.5 Å². The Morgan fingerprint density at radius 3 is 2.80 bits per heavy atom. The Hall–Kier alpha value is -2.84. The summed E-state index contributed by atoms with van der Waals surface area (Å²) in [5.41, 5.74) is 1.17. The van der Waals surface area contributed by atoms with E-state index in [4.69, 9.17) is 28.6 Å². The summed E-state index contributed by atoms with van der Waals surface area (Å²) >= 11 is 11.4. The molecule has 0 fully saturated rings. The van der Waals surface area contributed by atoms with Crippen LogP contribution in [0.15, 0.2) is 41.5 Å². The molecule has 0 bridgehead atoms. The van der Waals surface area contributed by atoms with Crippen molar-refractivity contribution in [2.45, 2.75) is 0 Å². The molecular formula is C16H13ClN4O3S. The Bertz CT molecular complexity index is 1010. The third-order valence-corrected chi connectivity index (χ3v) is 3.98. The lowest BCUT2D eigenvalue weighted by Gasteiger charge is -2.06. The molecule has 0 atom stereocenters. The molecule has 3 rings (SSSR count). The van der Waals surface area contributed by atoms with Gasteiger partial charge in [-0.15, -0.1) is 0 Å². The minimum atomic E-state index is -0.337. The number of methoxy groups -OCH3 is 1. The average molecular weight is 377 g/mol. The third-order valence-electron chi connectivity index (χ3n) is 3.38. The molecule has 0 spiro atoms. The highest BCUT2D eigenvalue weighted by molar-refractivity contribution is 7.71. The van der Waals surface area contributed by atoms with Crippen molar-refractivity contribution in [3.8, 4) is 28.6 Å². The van der Waals surface area contributed by atoms with E-state index >= 15 is 0 Å². The maximum Gasteiger partial charge on any atom is 0.216 e. The number of benzene rings is 2. The van der Waals surface area contributed by atoms with E-state index in [0.29, 0.717) is 22.0 Å². The zero-order valence-electron chi connectivity index (χ0n) is 13.0. The standard InChI is InChI=1S/C16H13ClN4O3S/c1-24-13-7-9(6-12(22)14(13)23)8-18-21-15(19-20-16(21)25)10-4-2-3-5-11(10)17/h2-8,22-23H,1H3,(H,20,25)/b18-8+. The number of halogens is 1. The SMILES string of the molecule is COc1cc(/C=N/n2c(-c3ccccc3Cl)n[nH]c2=S)cc(O)c1O. The quantitative estimate of drug-likeness (QED) is 0.367. The highest BCUT2D eigenvalue weighted by atomic mass is 35.5. The van der Waals surface area contributed by atoms with E-state index in [1.54, 1.807) is 12.1 Å². The molecule has 0 aliphatic heterocycles. The molecule has 128 valence electrons. The van der Waals surface area contributed by atoms with E-state index < -0.39 is 0 Å². The largest absolute Gasteiger partial charge is 0.504 e. The number of rotatable bonds is 4. The normalized spacial score (nSPS) is 11.1. The van der Waals surface area contributed by atoms with Crippen LogP contribution < -0.4 is 4.74 Å². The first kappa shape index (κ1) is 17.0. The summed E-state index contributed by atoms with van der Waals surface area (Å²) in [6, 6.07) is 10.1. The van der Waals surface area contributed by atoms with Crippen LogP contribution in [-0.2, 0) is 0 Å². The second-order valence-electron chi connectivity index (χ2n) is 4.98. The number of aromatic nitrogens is 3. The summed E-state index contributed by atoms with van der Waals surface area (Å²) in [6.45, 7) is 0. The Balaban J connectivity index is 2.04. The van der Waals surface area contributed by atoms with Crippen LogP contribution in [0.1, 0.15) is 5.56 Å². The van der Waals surface area contributed by atoms with Gasteiger partial charge in [-0.2, -0.15) is 14.9 Å². The van der Waals surface area contributed by atoms with Crippen molar-refractivity contribution in [3.05, 3.63) is 51.8 Å². The molecule has 7 nitrogen and oxygen atoms in total. The van der Waals surface area contributed by atoms with Crippen molar-refractivity contribution < 1.29 is 14.9 Å². The monoisotopic (exact) mass is 376 g/mol. The van der Waals surface area contributed by atoms with Crippen LogP contribution in [0, 0.1) is 4.77 Å². The van der Waals surface area contributed by atoms with E-state index in [0.717, 1.165) is 0 Å². The van der Waals surface area contributed by atoms with E-state index in [1.165, 1.54) is 30.1 Å². The summed E-state index contributed by atoms with van der Waals surface area (Å²) in [5.74, 6) is -0.0790. The fourth-order valence-electron chi connectivity index (χ4n) is 2.18. The molecular weight excluding hydrogens is 364 g/mol. The van der Waals surface area contributed by atoms with E-state index in [1.807, 2.05) is 12.1 Å². The van der Waals surface area contributed by atoms with Gasteiger partial charge >= 0.3 is 0 Å². The van der Waals surface area contributed by atoms with E-state index in [2.05, 4.69) is 15.3 Å². The molecule has 3 N–H and O–H groups in total. The highest BCUT2D eigenvalue weighted by Crippen LogP contribution is 2.35. The maximum atomic E-state index is 9.74. The molecule has 0 saturated heterocycles. The van der Waals surface area contributed by atoms with Crippen LogP contribution >= 0.6 is 23.8 Å². The van der Waals surface area contributed by atoms with Gasteiger partial charge in [-0.3, -0.25) is 0 Å².